The molecule has 0 unspecified atom stereocenters. The van der Waals surface area contributed by atoms with E-state index in [4.69, 9.17) is 9.47 Å². The first-order valence-corrected chi connectivity index (χ1v) is 9.58. The Morgan fingerprint density at radius 2 is 2.00 bits per heavy atom. The average Bonchev–Trinajstić information content (AvgIpc) is 3.32. The molecule has 0 saturated carbocycles. The third-order valence-corrected chi connectivity index (χ3v) is 5.49. The molecule has 1 aromatic rings. The van der Waals surface area contributed by atoms with Gasteiger partial charge in [0.05, 0.1) is 37.6 Å². The average molecular weight is 384 g/mol. The van der Waals surface area contributed by atoms with Gasteiger partial charge < -0.3 is 14.8 Å². The molecular weight excluding hydrogens is 360 g/mol. The first-order valence-electron chi connectivity index (χ1n) is 9.58. The van der Waals surface area contributed by atoms with Crippen molar-refractivity contribution in [3.8, 4) is 0 Å². The van der Waals surface area contributed by atoms with E-state index >= 15 is 0 Å². The van der Waals surface area contributed by atoms with E-state index in [0.717, 1.165) is 5.56 Å². The van der Waals surface area contributed by atoms with E-state index in [-0.39, 0.29) is 30.8 Å². The summed E-state index contributed by atoms with van der Waals surface area (Å²) in [5.41, 5.74) is -0.0977. The van der Waals surface area contributed by atoms with Crippen LogP contribution in [0.3, 0.4) is 0 Å². The summed E-state index contributed by atoms with van der Waals surface area (Å²) in [5.74, 6) is -1.38. The normalized spacial score (nSPS) is 30.2. The zero-order valence-electron chi connectivity index (χ0n) is 16.0. The van der Waals surface area contributed by atoms with Gasteiger partial charge >= 0.3 is 6.09 Å². The summed E-state index contributed by atoms with van der Waals surface area (Å²) >= 11 is 0. The summed E-state index contributed by atoms with van der Waals surface area (Å²) in [5, 5.41) is 2.69. The highest BCUT2D eigenvalue weighted by Crippen LogP contribution is 2.51. The Morgan fingerprint density at radius 3 is 2.71 bits per heavy atom. The van der Waals surface area contributed by atoms with Crippen LogP contribution in [-0.4, -0.2) is 47.7 Å². The summed E-state index contributed by atoms with van der Waals surface area (Å²) in [4.78, 5) is 39.3. The van der Waals surface area contributed by atoms with Crippen LogP contribution in [0.4, 0.5) is 4.79 Å². The maximum atomic E-state index is 13.1. The third kappa shape index (κ3) is 3.09. The van der Waals surface area contributed by atoms with Crippen molar-refractivity contribution in [2.45, 2.75) is 32.1 Å². The van der Waals surface area contributed by atoms with Gasteiger partial charge in [-0.25, -0.2) is 4.79 Å². The smallest absolute Gasteiger partial charge is 0.407 e. The van der Waals surface area contributed by atoms with E-state index in [1.807, 2.05) is 50.3 Å². The number of rotatable bonds is 6. The minimum atomic E-state index is -0.996. The van der Waals surface area contributed by atoms with Gasteiger partial charge in [-0.3, -0.25) is 14.5 Å². The van der Waals surface area contributed by atoms with Gasteiger partial charge in [0.1, 0.15) is 5.60 Å². The Balaban J connectivity index is 1.48. The number of amides is 3. The summed E-state index contributed by atoms with van der Waals surface area (Å²) in [6.45, 7) is 4.55. The predicted octanol–water partition coefficient (Wildman–Crippen LogP) is 1.88. The molecule has 0 aliphatic carbocycles. The number of nitrogens with zero attached hydrogens (tertiary/aromatic N) is 1. The molecule has 3 heterocycles. The molecule has 7 heteroatoms. The van der Waals surface area contributed by atoms with Crippen molar-refractivity contribution >= 4 is 17.9 Å². The van der Waals surface area contributed by atoms with Crippen LogP contribution in [0.5, 0.6) is 0 Å². The van der Waals surface area contributed by atoms with Gasteiger partial charge in [0.2, 0.25) is 11.8 Å². The zero-order chi connectivity index (χ0) is 19.9. The number of hydrogen-bond donors (Lipinski definition) is 1. The standard InChI is InChI=1S/C21H24N2O5/c1-13(2)11-27-20(26)22-12-21-9-8-15(28-21)16-17(21)19(25)23(18(16)24)10-14-6-4-3-5-7-14/h3-9,13,15-17H,10-12H2,1-2H3,(H,22,26)/t15-,16-,17-,21+/m1/s1. The zero-order valence-corrected chi connectivity index (χ0v) is 16.0. The number of benzene rings is 1. The molecule has 2 bridgehead atoms. The molecule has 0 spiro atoms. The van der Waals surface area contributed by atoms with Gasteiger partial charge in [-0.1, -0.05) is 56.3 Å². The molecular formula is C21H24N2O5. The fourth-order valence-electron chi connectivity index (χ4n) is 4.19. The second-order valence-corrected chi connectivity index (χ2v) is 7.99. The van der Waals surface area contributed by atoms with Crippen LogP contribution in [0.1, 0.15) is 19.4 Å². The maximum absolute atomic E-state index is 13.1. The lowest BCUT2D eigenvalue weighted by Gasteiger charge is -2.29. The molecule has 1 aromatic carbocycles. The Labute approximate surface area is 163 Å². The number of alkyl carbamates (subject to hydrolysis) is 1. The van der Waals surface area contributed by atoms with Crippen LogP contribution >= 0.6 is 0 Å². The number of likely N-dealkylation sites (tertiary alicyclic amines) is 1. The van der Waals surface area contributed by atoms with Crippen molar-refractivity contribution < 1.29 is 23.9 Å². The van der Waals surface area contributed by atoms with Crippen molar-refractivity contribution in [3.05, 3.63) is 48.0 Å². The van der Waals surface area contributed by atoms with Gasteiger partial charge in [-0.2, -0.15) is 0 Å². The monoisotopic (exact) mass is 384 g/mol. The third-order valence-electron chi connectivity index (χ3n) is 5.49. The number of fused-ring (bicyclic) bond motifs is 5. The number of nitrogens with one attached hydrogen (secondary N) is 1. The van der Waals surface area contributed by atoms with Crippen LogP contribution in [0.25, 0.3) is 0 Å². The Bertz CT molecular complexity index is 821. The lowest BCUT2D eigenvalue weighted by molar-refractivity contribution is -0.144. The molecule has 0 radical (unpaired) electrons. The van der Waals surface area contributed by atoms with Crippen LogP contribution in [-0.2, 0) is 25.6 Å². The first-order chi connectivity index (χ1) is 13.4. The maximum Gasteiger partial charge on any atom is 0.407 e. The topological polar surface area (TPSA) is 84.9 Å². The van der Waals surface area contributed by atoms with E-state index in [9.17, 15) is 14.4 Å². The molecule has 28 heavy (non-hydrogen) atoms. The quantitative estimate of drug-likeness (QED) is 0.598. The molecule has 2 saturated heterocycles. The second-order valence-electron chi connectivity index (χ2n) is 7.99. The molecule has 4 atom stereocenters. The van der Waals surface area contributed by atoms with E-state index in [2.05, 4.69) is 5.32 Å². The molecule has 3 aliphatic rings. The Hall–Kier alpha value is -2.67. The largest absolute Gasteiger partial charge is 0.449 e. The minimum Gasteiger partial charge on any atom is -0.449 e. The lowest BCUT2D eigenvalue weighted by atomic mass is 9.77. The molecule has 0 aromatic heterocycles. The Kier molecular flexibility index (Phi) is 4.71. The second kappa shape index (κ2) is 7.05. The molecule has 148 valence electrons. The minimum absolute atomic E-state index is 0.0935. The number of imide groups is 1. The van der Waals surface area contributed by atoms with Crippen LogP contribution in [0.15, 0.2) is 42.5 Å². The lowest BCUT2D eigenvalue weighted by Crippen LogP contribution is -2.48. The first kappa shape index (κ1) is 18.7. The van der Waals surface area contributed by atoms with Crippen LogP contribution in [0, 0.1) is 17.8 Å². The fourth-order valence-corrected chi connectivity index (χ4v) is 4.19. The predicted molar refractivity (Wildman–Crippen MR) is 99.9 cm³/mol. The van der Waals surface area contributed by atoms with Crippen LogP contribution in [0.2, 0.25) is 0 Å². The summed E-state index contributed by atoms with van der Waals surface area (Å²) in [6.07, 6.45) is 2.64. The van der Waals surface area contributed by atoms with E-state index in [1.54, 1.807) is 6.08 Å². The molecule has 4 rings (SSSR count). The highest BCUT2D eigenvalue weighted by Gasteiger charge is 2.67. The van der Waals surface area contributed by atoms with Gasteiger partial charge in [0, 0.05) is 0 Å². The van der Waals surface area contributed by atoms with Gasteiger partial charge in [0.25, 0.3) is 0 Å². The van der Waals surface area contributed by atoms with Crippen molar-refractivity contribution in [1.82, 2.24) is 10.2 Å². The van der Waals surface area contributed by atoms with Gasteiger partial charge in [-0.05, 0) is 11.5 Å². The number of ether oxygens (including phenoxy) is 2. The van der Waals surface area contributed by atoms with Crippen molar-refractivity contribution in [2.24, 2.45) is 17.8 Å². The number of hydrogen-bond acceptors (Lipinski definition) is 5. The van der Waals surface area contributed by atoms with Crippen molar-refractivity contribution in [3.63, 3.8) is 0 Å². The summed E-state index contributed by atoms with van der Waals surface area (Å²) in [6, 6.07) is 9.43. The SMILES string of the molecule is CC(C)COC(=O)NC[C@]12C=C[C@@H](O1)[C@H]1C(=O)N(Cc3ccccc3)C(=O)[C@@H]12. The highest BCUT2D eigenvalue weighted by atomic mass is 16.6. The van der Waals surface area contributed by atoms with Crippen molar-refractivity contribution in [2.75, 3.05) is 13.2 Å². The van der Waals surface area contributed by atoms with Gasteiger partial charge in [0.15, 0.2) is 0 Å². The molecule has 7 nitrogen and oxygen atoms in total. The molecule has 3 aliphatic heterocycles. The molecule has 2 fully saturated rings. The van der Waals surface area contributed by atoms with Crippen molar-refractivity contribution in [1.29, 1.82) is 0 Å². The van der Waals surface area contributed by atoms with E-state index in [1.165, 1.54) is 4.90 Å². The highest BCUT2D eigenvalue weighted by molar-refractivity contribution is 6.07. The Morgan fingerprint density at radius 1 is 1.25 bits per heavy atom. The van der Waals surface area contributed by atoms with E-state index < -0.39 is 29.6 Å². The number of carbonyl (C=O) groups excluding carboxylic acids is 3. The summed E-state index contributed by atoms with van der Waals surface area (Å²) < 4.78 is 11.1. The van der Waals surface area contributed by atoms with Crippen LogP contribution < -0.4 is 5.32 Å². The summed E-state index contributed by atoms with van der Waals surface area (Å²) in [7, 11) is 0. The van der Waals surface area contributed by atoms with E-state index in [0.29, 0.717) is 6.61 Å². The van der Waals surface area contributed by atoms with Gasteiger partial charge in [-0.15, -0.1) is 0 Å². The molecule has 3 amide bonds. The number of carbonyl (C=O) groups is 3. The molecule has 1 N–H and O–H groups in total. The fraction of sp³-hybridized carbons (Fsp3) is 0.476.